The molecular formula is C34H38N4O4S2. The maximum atomic E-state index is 11.6. The number of nitrogens with zero attached hydrogens (tertiary/aromatic N) is 2. The predicted octanol–water partition coefficient (Wildman–Crippen LogP) is 8.50. The average molecular weight is 631 g/mol. The van der Waals surface area contributed by atoms with Crippen LogP contribution in [0.25, 0.3) is 44.4 Å². The summed E-state index contributed by atoms with van der Waals surface area (Å²) in [6.07, 6.45) is 0.549. The maximum absolute atomic E-state index is 11.6. The zero-order valence-corrected chi connectivity index (χ0v) is 27.6. The van der Waals surface area contributed by atoms with Gasteiger partial charge in [0.15, 0.2) is 0 Å². The first-order valence-corrected chi connectivity index (χ1v) is 15.8. The third kappa shape index (κ3) is 5.97. The number of aromatic amines is 2. The van der Waals surface area contributed by atoms with E-state index < -0.39 is 11.9 Å². The molecule has 3 aromatic rings. The fraction of sp³-hybridized carbons (Fsp3) is 0.353. The van der Waals surface area contributed by atoms with Gasteiger partial charge in [-0.1, -0.05) is 0 Å². The molecule has 2 aliphatic rings. The molecule has 4 N–H and O–H groups in total. The molecule has 2 atom stereocenters. The number of aromatic nitrogens is 4. The molecule has 8 nitrogen and oxygen atoms in total. The van der Waals surface area contributed by atoms with Crippen molar-refractivity contribution < 1.29 is 19.8 Å². The maximum Gasteiger partial charge on any atom is 0.303 e. The van der Waals surface area contributed by atoms with E-state index in [1.165, 1.54) is 0 Å². The number of nitrogens with one attached hydrogen (secondary N) is 2. The number of H-pyrrole nitrogens is 2. The smallest absolute Gasteiger partial charge is 0.303 e. The van der Waals surface area contributed by atoms with Crippen molar-refractivity contribution in [2.24, 2.45) is 0 Å². The van der Waals surface area contributed by atoms with E-state index in [0.717, 1.165) is 78.0 Å². The number of allylic oxidation sites excluding steroid dienone is 4. The second-order valence-corrected chi connectivity index (χ2v) is 13.2. The molecule has 5 rings (SSSR count). The Morgan fingerprint density at radius 3 is 1.45 bits per heavy atom. The molecule has 0 aromatic carbocycles. The zero-order chi connectivity index (χ0) is 32.0. The van der Waals surface area contributed by atoms with Crippen LogP contribution in [0.2, 0.25) is 0 Å². The molecule has 230 valence electrons. The lowest BCUT2D eigenvalue weighted by molar-refractivity contribution is -0.137. The minimum absolute atomic E-state index is 0.0338. The highest BCUT2D eigenvalue weighted by Crippen LogP contribution is 2.39. The summed E-state index contributed by atoms with van der Waals surface area (Å²) >= 11 is 9.64. The first-order valence-electron chi connectivity index (χ1n) is 14.7. The number of carboxylic acids is 2. The van der Waals surface area contributed by atoms with Crippen LogP contribution in [0.3, 0.4) is 0 Å². The molecule has 0 amide bonds. The molecule has 0 saturated heterocycles. The number of hydrogen-bond donors (Lipinski definition) is 6. The monoisotopic (exact) mass is 630 g/mol. The van der Waals surface area contributed by atoms with Gasteiger partial charge in [0.2, 0.25) is 0 Å². The van der Waals surface area contributed by atoms with Crippen molar-refractivity contribution in [2.75, 3.05) is 0 Å². The normalized spacial score (nSPS) is 14.7. The van der Waals surface area contributed by atoms with Crippen LogP contribution in [-0.4, -0.2) is 42.1 Å². The molecule has 0 unspecified atom stereocenters. The van der Waals surface area contributed by atoms with Gasteiger partial charge in [0, 0.05) is 45.4 Å². The first-order chi connectivity index (χ1) is 20.8. The van der Waals surface area contributed by atoms with Gasteiger partial charge in [-0.15, -0.1) is 0 Å². The van der Waals surface area contributed by atoms with Gasteiger partial charge < -0.3 is 20.2 Å². The topological polar surface area (TPSA) is 132 Å². The molecule has 0 spiro atoms. The van der Waals surface area contributed by atoms with E-state index in [1.54, 1.807) is 0 Å². The predicted molar refractivity (Wildman–Crippen MR) is 184 cm³/mol. The summed E-state index contributed by atoms with van der Waals surface area (Å²) in [5, 5.41) is 18.9. The molecule has 44 heavy (non-hydrogen) atoms. The van der Waals surface area contributed by atoms with Crippen molar-refractivity contribution in [3.05, 3.63) is 69.3 Å². The average Bonchev–Trinajstić information content (AvgIpc) is 3.59. The van der Waals surface area contributed by atoms with Crippen molar-refractivity contribution in [1.29, 1.82) is 0 Å². The molecule has 3 aromatic heterocycles. The van der Waals surface area contributed by atoms with Gasteiger partial charge in [0.25, 0.3) is 0 Å². The van der Waals surface area contributed by atoms with Crippen LogP contribution in [0.1, 0.15) is 109 Å². The Balaban J connectivity index is 1.95. The van der Waals surface area contributed by atoms with Gasteiger partial charge in [-0.3, -0.25) is 9.59 Å². The number of rotatable bonds is 8. The molecule has 0 radical (unpaired) electrons. The van der Waals surface area contributed by atoms with Gasteiger partial charge in [-0.25, -0.2) is 9.97 Å². The number of aryl methyl sites for hydroxylation is 2. The molecule has 10 heteroatoms. The fourth-order valence-electron chi connectivity index (χ4n) is 6.32. The van der Waals surface area contributed by atoms with Gasteiger partial charge in [-0.05, 0) is 123 Å². The largest absolute Gasteiger partial charge is 0.481 e. The van der Waals surface area contributed by atoms with E-state index >= 15 is 0 Å². The van der Waals surface area contributed by atoms with Crippen LogP contribution in [-0.2, 0) is 9.59 Å². The molecule has 0 aliphatic carbocycles. The van der Waals surface area contributed by atoms with Crippen molar-refractivity contribution >= 4 is 81.6 Å². The number of aliphatic carboxylic acids is 2. The Labute approximate surface area is 267 Å². The minimum atomic E-state index is -0.886. The van der Waals surface area contributed by atoms with Crippen LogP contribution in [0.5, 0.6) is 0 Å². The van der Waals surface area contributed by atoms with Crippen molar-refractivity contribution in [3.8, 4) is 0 Å². The lowest BCUT2D eigenvalue weighted by atomic mass is 9.98. The lowest BCUT2D eigenvalue weighted by Crippen LogP contribution is -1.97. The Hall–Kier alpha value is -3.76. The van der Waals surface area contributed by atoms with Crippen molar-refractivity contribution in [3.63, 3.8) is 0 Å². The van der Waals surface area contributed by atoms with Gasteiger partial charge in [0.05, 0.1) is 22.8 Å². The Bertz CT molecular complexity index is 1930. The highest BCUT2D eigenvalue weighted by atomic mass is 32.1. The number of thiol groups is 2. The minimum Gasteiger partial charge on any atom is -0.481 e. The fourth-order valence-corrected chi connectivity index (χ4v) is 6.98. The summed E-state index contributed by atoms with van der Waals surface area (Å²) in [6.45, 7) is 12.2. The number of hydrogen-bond acceptors (Lipinski definition) is 6. The molecule has 0 fully saturated rings. The molecule has 8 bridgehead atoms. The first kappa shape index (κ1) is 31.7. The van der Waals surface area contributed by atoms with Crippen LogP contribution in [0, 0.1) is 13.8 Å². The van der Waals surface area contributed by atoms with Crippen LogP contribution in [0.4, 0.5) is 0 Å². The highest BCUT2D eigenvalue weighted by molar-refractivity contribution is 7.80. The van der Waals surface area contributed by atoms with Gasteiger partial charge >= 0.3 is 11.9 Å². The molecule has 2 aliphatic heterocycles. The summed E-state index contributed by atoms with van der Waals surface area (Å²) in [5.74, 6) is -1.77. The molecular weight excluding hydrogens is 593 g/mol. The number of carbonyl (C=O) groups is 2. The SMILES string of the molecule is CC1=C(CCC(=O)O)c2cc3nc(cc4[nH]c(cc5[nH]c(cc1n2)c(C)c5[C@H](C)S)c(C)c4[C@H](C)S)C(C)=C3CCC(=O)O. The number of carboxylic acid groups (broad SMARTS) is 2. The van der Waals surface area contributed by atoms with Crippen LogP contribution < -0.4 is 0 Å². The molecule has 0 saturated carbocycles. The summed E-state index contributed by atoms with van der Waals surface area (Å²) in [5.41, 5.74) is 14.2. The Kier molecular flexibility index (Phi) is 8.87. The second kappa shape index (κ2) is 12.3. The number of fused-ring (bicyclic) bond motifs is 8. The quantitative estimate of drug-likeness (QED) is 0.138. The van der Waals surface area contributed by atoms with Gasteiger partial charge in [0.1, 0.15) is 0 Å². The summed E-state index contributed by atoms with van der Waals surface area (Å²) in [7, 11) is 0. The lowest BCUT2D eigenvalue weighted by Gasteiger charge is -2.05. The third-order valence-electron chi connectivity index (χ3n) is 8.65. The van der Waals surface area contributed by atoms with Crippen molar-refractivity contribution in [1.82, 2.24) is 19.9 Å². The standard InChI is InChI=1S/C34H38N4O4S2/c1-15-21(7-9-31(39)40)27-14-28-22(8-10-32(41)42)16(2)24(36-28)12-29-34(20(6)44)18(4)26(38-29)13-30-33(19(5)43)17(3)25(37-30)11-23(15)35-27/h11-14,19-20,37-38,43-44H,7-10H2,1-6H3,(H,39,40)(H,41,42)/t19-,20-/m0/s1. The van der Waals surface area contributed by atoms with E-state index in [-0.39, 0.29) is 23.3 Å². The summed E-state index contributed by atoms with van der Waals surface area (Å²) in [6, 6.07) is 8.02. The Morgan fingerprint density at radius 2 is 1.05 bits per heavy atom. The van der Waals surface area contributed by atoms with E-state index in [9.17, 15) is 19.8 Å². The van der Waals surface area contributed by atoms with Crippen LogP contribution >= 0.6 is 25.3 Å². The highest BCUT2D eigenvalue weighted by Gasteiger charge is 2.23. The second-order valence-electron chi connectivity index (χ2n) is 11.7. The zero-order valence-electron chi connectivity index (χ0n) is 25.8. The van der Waals surface area contributed by atoms with Crippen molar-refractivity contribution in [2.45, 2.75) is 77.7 Å². The molecule has 5 heterocycles. The van der Waals surface area contributed by atoms with Crippen LogP contribution in [0.15, 0.2) is 24.3 Å². The Morgan fingerprint density at radius 1 is 0.659 bits per heavy atom. The van der Waals surface area contributed by atoms with E-state index in [2.05, 4.69) is 36.8 Å². The van der Waals surface area contributed by atoms with Gasteiger partial charge in [-0.2, -0.15) is 25.3 Å². The van der Waals surface area contributed by atoms with E-state index in [4.69, 9.17) is 35.2 Å². The van der Waals surface area contributed by atoms with E-state index in [1.807, 2.05) is 39.0 Å². The summed E-state index contributed by atoms with van der Waals surface area (Å²) < 4.78 is 0. The summed E-state index contributed by atoms with van der Waals surface area (Å²) in [4.78, 5) is 40.4. The third-order valence-corrected chi connectivity index (χ3v) is 9.16. The van der Waals surface area contributed by atoms with E-state index in [0.29, 0.717) is 24.2 Å².